The number of benzene rings is 1. The summed E-state index contributed by atoms with van der Waals surface area (Å²) in [5, 5.41) is 13.1. The molecule has 6 nitrogen and oxygen atoms in total. The van der Waals surface area contributed by atoms with Gasteiger partial charge in [-0.15, -0.1) is 0 Å². The van der Waals surface area contributed by atoms with Gasteiger partial charge in [0.05, 0.1) is 11.7 Å². The highest BCUT2D eigenvalue weighted by molar-refractivity contribution is 5.98. The van der Waals surface area contributed by atoms with E-state index in [1.807, 2.05) is 0 Å². The molecule has 0 aliphatic carbocycles. The summed E-state index contributed by atoms with van der Waals surface area (Å²) in [7, 11) is 0. The molecule has 1 aromatic carbocycles. The molecule has 1 aromatic heterocycles. The number of pyridine rings is 1. The highest BCUT2D eigenvalue weighted by atomic mass is 16.3. The van der Waals surface area contributed by atoms with Gasteiger partial charge < -0.3 is 21.9 Å². The smallest absolute Gasteiger partial charge is 0.252 e. The quantitative estimate of drug-likeness (QED) is 0.617. The molecule has 2 rings (SSSR count). The van der Waals surface area contributed by atoms with Crippen LogP contribution >= 0.6 is 0 Å². The summed E-state index contributed by atoms with van der Waals surface area (Å²) >= 11 is 0. The van der Waals surface area contributed by atoms with Gasteiger partial charge in [0, 0.05) is 18.4 Å². The Hall–Kier alpha value is -2.60. The standard InChI is InChI=1S/C15H18N4O2/c1-9-6-7-18-15(13(9)14(17)21)19-8-12(20)10-2-4-11(16)5-3-10/h2-7,12,20H,8,16H2,1H3,(H2,17,21)(H,18,19). The zero-order chi connectivity index (χ0) is 15.4. The van der Waals surface area contributed by atoms with E-state index in [0.717, 1.165) is 11.1 Å². The SMILES string of the molecule is Cc1ccnc(NCC(O)c2ccc(N)cc2)c1C(N)=O. The van der Waals surface area contributed by atoms with Crippen LogP contribution in [0, 0.1) is 6.92 Å². The molecule has 0 radical (unpaired) electrons. The molecular formula is C15H18N4O2. The monoisotopic (exact) mass is 286 g/mol. The van der Waals surface area contributed by atoms with Crippen molar-refractivity contribution in [3.8, 4) is 0 Å². The maximum atomic E-state index is 11.5. The van der Waals surface area contributed by atoms with Crippen LogP contribution < -0.4 is 16.8 Å². The molecule has 0 saturated heterocycles. The van der Waals surface area contributed by atoms with E-state index in [0.29, 0.717) is 17.1 Å². The van der Waals surface area contributed by atoms with Crippen LogP contribution in [0.5, 0.6) is 0 Å². The molecule has 1 amide bonds. The molecule has 6 N–H and O–H groups in total. The Morgan fingerprint density at radius 3 is 2.62 bits per heavy atom. The first-order valence-corrected chi connectivity index (χ1v) is 6.52. The number of nitrogens with one attached hydrogen (secondary N) is 1. The van der Waals surface area contributed by atoms with Gasteiger partial charge in [-0.25, -0.2) is 4.98 Å². The normalized spacial score (nSPS) is 11.9. The number of nitrogens with zero attached hydrogens (tertiary/aromatic N) is 1. The molecule has 0 fully saturated rings. The summed E-state index contributed by atoms with van der Waals surface area (Å²) in [6.07, 6.45) is 0.841. The van der Waals surface area contributed by atoms with Crippen molar-refractivity contribution in [2.75, 3.05) is 17.6 Å². The van der Waals surface area contributed by atoms with Crippen LogP contribution in [0.2, 0.25) is 0 Å². The average molecular weight is 286 g/mol. The number of aliphatic hydroxyl groups is 1. The Morgan fingerprint density at radius 2 is 2.00 bits per heavy atom. The number of carbonyl (C=O) groups excluding carboxylic acids is 1. The Kier molecular flexibility index (Phi) is 4.39. The first-order valence-electron chi connectivity index (χ1n) is 6.52. The van der Waals surface area contributed by atoms with Crippen molar-refractivity contribution in [3.63, 3.8) is 0 Å². The molecular weight excluding hydrogens is 268 g/mol. The Balaban J connectivity index is 2.11. The zero-order valence-corrected chi connectivity index (χ0v) is 11.7. The molecule has 21 heavy (non-hydrogen) atoms. The predicted octanol–water partition coefficient (Wildman–Crippen LogP) is 1.22. The van der Waals surface area contributed by atoms with Crippen LogP contribution in [0.4, 0.5) is 11.5 Å². The lowest BCUT2D eigenvalue weighted by molar-refractivity contribution is 0.1000. The van der Waals surface area contributed by atoms with Crippen LogP contribution in [0.15, 0.2) is 36.5 Å². The third-order valence-corrected chi connectivity index (χ3v) is 3.19. The second-order valence-electron chi connectivity index (χ2n) is 4.78. The second-order valence-corrected chi connectivity index (χ2v) is 4.78. The number of aliphatic hydroxyl groups excluding tert-OH is 1. The van der Waals surface area contributed by atoms with E-state index in [2.05, 4.69) is 10.3 Å². The Labute approximate surface area is 122 Å². The van der Waals surface area contributed by atoms with Gasteiger partial charge in [-0.3, -0.25) is 4.79 Å². The minimum absolute atomic E-state index is 0.209. The maximum absolute atomic E-state index is 11.5. The molecule has 0 spiro atoms. The molecule has 110 valence electrons. The topological polar surface area (TPSA) is 114 Å². The molecule has 0 saturated carbocycles. The minimum Gasteiger partial charge on any atom is -0.399 e. The first-order chi connectivity index (χ1) is 9.99. The average Bonchev–Trinajstić information content (AvgIpc) is 2.45. The fourth-order valence-corrected chi connectivity index (χ4v) is 2.03. The van der Waals surface area contributed by atoms with E-state index in [4.69, 9.17) is 11.5 Å². The first kappa shape index (κ1) is 14.8. The number of nitrogen functional groups attached to an aromatic ring is 1. The van der Waals surface area contributed by atoms with E-state index < -0.39 is 12.0 Å². The van der Waals surface area contributed by atoms with Crippen LogP contribution in [0.3, 0.4) is 0 Å². The predicted molar refractivity (Wildman–Crippen MR) is 81.8 cm³/mol. The summed E-state index contributed by atoms with van der Waals surface area (Å²) in [5.41, 5.74) is 13.4. The third-order valence-electron chi connectivity index (χ3n) is 3.19. The number of aromatic nitrogens is 1. The van der Waals surface area contributed by atoms with Crippen molar-refractivity contribution < 1.29 is 9.90 Å². The van der Waals surface area contributed by atoms with E-state index in [1.165, 1.54) is 0 Å². The van der Waals surface area contributed by atoms with Crippen LogP contribution in [-0.4, -0.2) is 22.5 Å². The van der Waals surface area contributed by atoms with Crippen molar-refractivity contribution in [2.45, 2.75) is 13.0 Å². The van der Waals surface area contributed by atoms with E-state index in [1.54, 1.807) is 43.5 Å². The minimum atomic E-state index is -0.742. The lowest BCUT2D eigenvalue weighted by Gasteiger charge is -2.15. The molecule has 0 aliphatic rings. The number of hydrogen-bond donors (Lipinski definition) is 4. The summed E-state index contributed by atoms with van der Waals surface area (Å²) in [6, 6.07) is 8.65. The summed E-state index contributed by atoms with van der Waals surface area (Å²) in [5.74, 6) is -0.179. The number of anilines is 2. The zero-order valence-electron chi connectivity index (χ0n) is 11.7. The van der Waals surface area contributed by atoms with Crippen molar-refractivity contribution in [3.05, 3.63) is 53.2 Å². The second kappa shape index (κ2) is 6.23. The third kappa shape index (κ3) is 3.49. The van der Waals surface area contributed by atoms with Gasteiger partial charge in [0.15, 0.2) is 0 Å². The van der Waals surface area contributed by atoms with E-state index in [9.17, 15) is 9.90 Å². The number of rotatable bonds is 5. The van der Waals surface area contributed by atoms with Gasteiger partial charge in [0.25, 0.3) is 5.91 Å². The number of nitrogens with two attached hydrogens (primary N) is 2. The largest absolute Gasteiger partial charge is 0.399 e. The lowest BCUT2D eigenvalue weighted by Crippen LogP contribution is -2.19. The van der Waals surface area contributed by atoms with E-state index >= 15 is 0 Å². The number of carbonyl (C=O) groups is 1. The van der Waals surface area contributed by atoms with Gasteiger partial charge in [-0.1, -0.05) is 12.1 Å². The molecule has 1 unspecified atom stereocenters. The van der Waals surface area contributed by atoms with Gasteiger partial charge >= 0.3 is 0 Å². The number of hydrogen-bond acceptors (Lipinski definition) is 5. The number of primary amides is 1. The van der Waals surface area contributed by atoms with Crippen LogP contribution in [-0.2, 0) is 0 Å². The fourth-order valence-electron chi connectivity index (χ4n) is 2.03. The van der Waals surface area contributed by atoms with Gasteiger partial charge in [0.2, 0.25) is 0 Å². The highest BCUT2D eigenvalue weighted by Crippen LogP contribution is 2.19. The molecule has 0 bridgehead atoms. The van der Waals surface area contributed by atoms with Crippen LogP contribution in [0.1, 0.15) is 27.6 Å². The maximum Gasteiger partial charge on any atom is 0.252 e. The van der Waals surface area contributed by atoms with Gasteiger partial charge in [-0.05, 0) is 36.2 Å². The molecule has 1 atom stereocenters. The molecule has 0 aliphatic heterocycles. The van der Waals surface area contributed by atoms with Gasteiger partial charge in [-0.2, -0.15) is 0 Å². The number of amides is 1. The fraction of sp³-hybridized carbons (Fsp3) is 0.200. The summed E-state index contributed by atoms with van der Waals surface area (Å²) < 4.78 is 0. The number of aryl methyl sites for hydroxylation is 1. The molecule has 2 aromatic rings. The Bertz CT molecular complexity index is 641. The highest BCUT2D eigenvalue weighted by Gasteiger charge is 2.14. The van der Waals surface area contributed by atoms with Crippen molar-refractivity contribution >= 4 is 17.4 Å². The van der Waals surface area contributed by atoms with Gasteiger partial charge in [0.1, 0.15) is 5.82 Å². The molecule has 1 heterocycles. The van der Waals surface area contributed by atoms with Crippen molar-refractivity contribution in [1.82, 2.24) is 4.98 Å². The van der Waals surface area contributed by atoms with E-state index in [-0.39, 0.29) is 6.54 Å². The van der Waals surface area contributed by atoms with Crippen molar-refractivity contribution in [1.29, 1.82) is 0 Å². The van der Waals surface area contributed by atoms with Crippen molar-refractivity contribution in [2.24, 2.45) is 5.73 Å². The molecule has 6 heteroatoms. The summed E-state index contributed by atoms with van der Waals surface area (Å²) in [6.45, 7) is 1.99. The lowest BCUT2D eigenvalue weighted by atomic mass is 10.1. The van der Waals surface area contributed by atoms with Crippen LogP contribution in [0.25, 0.3) is 0 Å². The Morgan fingerprint density at radius 1 is 1.33 bits per heavy atom. The summed E-state index contributed by atoms with van der Waals surface area (Å²) in [4.78, 5) is 15.6.